The topological polar surface area (TPSA) is 129 Å². The zero-order valence-corrected chi connectivity index (χ0v) is 12.8. The van der Waals surface area contributed by atoms with Gasteiger partial charge >= 0.3 is 11.9 Å². The highest BCUT2D eigenvalue weighted by atomic mass is 16.4. The SMILES string of the molecule is O=C(O)C/C=C/C[C@H]1C(O)CC(=O)[C@@H]1CCC(=O)CCC(=O)O. The van der Waals surface area contributed by atoms with Gasteiger partial charge in [-0.3, -0.25) is 19.2 Å². The number of hydrogen-bond acceptors (Lipinski definition) is 5. The molecule has 0 heterocycles. The van der Waals surface area contributed by atoms with E-state index in [1.807, 2.05) is 0 Å². The van der Waals surface area contributed by atoms with Crippen molar-refractivity contribution < 1.29 is 34.5 Å². The Morgan fingerprint density at radius 3 is 2.35 bits per heavy atom. The fourth-order valence-corrected chi connectivity index (χ4v) is 2.84. The summed E-state index contributed by atoms with van der Waals surface area (Å²) in [5, 5.41) is 27.0. The zero-order chi connectivity index (χ0) is 17.4. The standard InChI is InChI=1S/C16H22O7/c17-10(6-8-16(22)23)5-7-12-11(13(18)9-14(12)19)3-1-2-4-15(20)21/h1-2,11-13,18H,3-9H2,(H,20,21)(H,22,23)/b2-1+/t11-,12-,13?/m1/s1. The average Bonchev–Trinajstić information content (AvgIpc) is 2.72. The number of allylic oxidation sites excluding steroid dienone is 1. The van der Waals surface area contributed by atoms with Gasteiger partial charge in [0.2, 0.25) is 0 Å². The lowest BCUT2D eigenvalue weighted by Gasteiger charge is -2.19. The monoisotopic (exact) mass is 326 g/mol. The Bertz CT molecular complexity index is 495. The van der Waals surface area contributed by atoms with Crippen molar-refractivity contribution in [1.82, 2.24) is 0 Å². The van der Waals surface area contributed by atoms with Crippen molar-refractivity contribution in [1.29, 1.82) is 0 Å². The number of carbonyl (C=O) groups excluding carboxylic acids is 2. The number of aliphatic carboxylic acids is 2. The van der Waals surface area contributed by atoms with Gasteiger partial charge in [0.05, 0.1) is 18.9 Å². The summed E-state index contributed by atoms with van der Waals surface area (Å²) in [4.78, 5) is 44.4. The van der Waals surface area contributed by atoms with Crippen LogP contribution in [-0.2, 0) is 19.2 Å². The minimum absolute atomic E-state index is 0.0470. The van der Waals surface area contributed by atoms with E-state index >= 15 is 0 Å². The molecular formula is C16H22O7. The molecule has 1 aliphatic rings. The maximum absolute atomic E-state index is 11.9. The molecule has 0 aliphatic heterocycles. The molecule has 0 aromatic rings. The van der Waals surface area contributed by atoms with Gasteiger partial charge in [-0.1, -0.05) is 12.2 Å². The third kappa shape index (κ3) is 6.73. The van der Waals surface area contributed by atoms with Crippen LogP contribution in [0.4, 0.5) is 0 Å². The van der Waals surface area contributed by atoms with Gasteiger partial charge in [-0.05, 0) is 18.8 Å². The summed E-state index contributed by atoms with van der Waals surface area (Å²) < 4.78 is 0. The van der Waals surface area contributed by atoms with Crippen LogP contribution in [0.5, 0.6) is 0 Å². The molecule has 3 atom stereocenters. The van der Waals surface area contributed by atoms with Gasteiger partial charge < -0.3 is 15.3 Å². The summed E-state index contributed by atoms with van der Waals surface area (Å²) in [6.45, 7) is 0. The molecule has 0 aromatic heterocycles. The van der Waals surface area contributed by atoms with Gasteiger partial charge in [0, 0.05) is 25.2 Å². The van der Waals surface area contributed by atoms with Gasteiger partial charge in [-0.15, -0.1) is 0 Å². The van der Waals surface area contributed by atoms with Crippen LogP contribution in [0, 0.1) is 11.8 Å². The van der Waals surface area contributed by atoms with Crippen LogP contribution in [0.25, 0.3) is 0 Å². The molecular weight excluding hydrogens is 304 g/mol. The Morgan fingerprint density at radius 2 is 1.74 bits per heavy atom. The van der Waals surface area contributed by atoms with Crippen molar-refractivity contribution in [2.45, 2.75) is 51.0 Å². The van der Waals surface area contributed by atoms with Crippen molar-refractivity contribution in [2.75, 3.05) is 0 Å². The second-order valence-corrected chi connectivity index (χ2v) is 5.78. The zero-order valence-electron chi connectivity index (χ0n) is 12.8. The molecule has 1 saturated carbocycles. The lowest BCUT2D eigenvalue weighted by Crippen LogP contribution is -2.21. The number of Topliss-reactive ketones (excluding diaryl/α,β-unsaturated/α-hetero) is 2. The Kier molecular flexibility index (Phi) is 7.61. The average molecular weight is 326 g/mol. The molecule has 0 bridgehead atoms. The van der Waals surface area contributed by atoms with Crippen LogP contribution in [-0.4, -0.2) is 44.9 Å². The molecule has 1 rings (SSSR count). The van der Waals surface area contributed by atoms with Gasteiger partial charge in [0.1, 0.15) is 11.6 Å². The molecule has 1 unspecified atom stereocenters. The van der Waals surface area contributed by atoms with Crippen LogP contribution < -0.4 is 0 Å². The highest BCUT2D eigenvalue weighted by Crippen LogP contribution is 2.35. The van der Waals surface area contributed by atoms with Crippen molar-refractivity contribution in [3.63, 3.8) is 0 Å². The molecule has 1 aliphatic carbocycles. The lowest BCUT2D eigenvalue weighted by atomic mass is 9.86. The van der Waals surface area contributed by atoms with Crippen LogP contribution in [0.3, 0.4) is 0 Å². The van der Waals surface area contributed by atoms with E-state index < -0.39 is 24.0 Å². The first-order valence-corrected chi connectivity index (χ1v) is 7.62. The third-order valence-corrected chi connectivity index (χ3v) is 4.05. The predicted molar refractivity (Wildman–Crippen MR) is 79.7 cm³/mol. The smallest absolute Gasteiger partial charge is 0.307 e. The van der Waals surface area contributed by atoms with Gasteiger partial charge in [-0.25, -0.2) is 0 Å². The second kappa shape index (κ2) is 9.19. The maximum atomic E-state index is 11.9. The Morgan fingerprint density at radius 1 is 1.04 bits per heavy atom. The largest absolute Gasteiger partial charge is 0.481 e. The summed E-state index contributed by atoms with van der Waals surface area (Å²) in [5.41, 5.74) is 0. The molecule has 0 saturated heterocycles. The van der Waals surface area contributed by atoms with E-state index in [0.717, 1.165) is 0 Å². The minimum atomic E-state index is -1.04. The molecule has 0 radical (unpaired) electrons. The highest BCUT2D eigenvalue weighted by molar-refractivity contribution is 5.86. The van der Waals surface area contributed by atoms with Crippen LogP contribution in [0.1, 0.15) is 44.9 Å². The fourth-order valence-electron chi connectivity index (χ4n) is 2.84. The Labute approximate surface area is 134 Å². The first kappa shape index (κ1) is 19.0. The predicted octanol–water partition coefficient (Wildman–Crippen LogP) is 1.19. The quantitative estimate of drug-likeness (QED) is 0.514. The number of aliphatic hydroxyl groups is 1. The number of carbonyl (C=O) groups is 4. The van der Waals surface area contributed by atoms with E-state index in [2.05, 4.69) is 0 Å². The number of carboxylic acids is 2. The molecule has 7 nitrogen and oxygen atoms in total. The molecule has 3 N–H and O–H groups in total. The molecule has 23 heavy (non-hydrogen) atoms. The summed E-state index contributed by atoms with van der Waals surface area (Å²) >= 11 is 0. The van der Waals surface area contributed by atoms with Crippen molar-refractivity contribution in [3.05, 3.63) is 12.2 Å². The van der Waals surface area contributed by atoms with E-state index in [1.54, 1.807) is 6.08 Å². The molecule has 0 amide bonds. The van der Waals surface area contributed by atoms with Crippen molar-refractivity contribution >= 4 is 23.5 Å². The van der Waals surface area contributed by atoms with E-state index in [9.17, 15) is 24.3 Å². The third-order valence-electron chi connectivity index (χ3n) is 4.05. The molecule has 0 aromatic carbocycles. The molecule has 7 heteroatoms. The Balaban J connectivity index is 2.50. The van der Waals surface area contributed by atoms with E-state index in [1.165, 1.54) is 6.08 Å². The number of aliphatic hydroxyl groups excluding tert-OH is 1. The lowest BCUT2D eigenvalue weighted by molar-refractivity contribution is -0.138. The van der Waals surface area contributed by atoms with E-state index in [4.69, 9.17) is 10.2 Å². The number of rotatable bonds is 10. The van der Waals surface area contributed by atoms with Crippen molar-refractivity contribution in [2.24, 2.45) is 11.8 Å². The van der Waals surface area contributed by atoms with E-state index in [0.29, 0.717) is 12.8 Å². The first-order valence-electron chi connectivity index (χ1n) is 7.62. The van der Waals surface area contributed by atoms with Gasteiger partial charge in [0.15, 0.2) is 0 Å². The summed E-state index contributed by atoms with van der Waals surface area (Å²) in [6.07, 6.45) is 2.79. The normalized spacial score (nSPS) is 24.2. The number of ketones is 2. The second-order valence-electron chi connectivity index (χ2n) is 5.78. The highest BCUT2D eigenvalue weighted by Gasteiger charge is 2.40. The van der Waals surface area contributed by atoms with Gasteiger partial charge in [0.25, 0.3) is 0 Å². The number of carboxylic acid groups (broad SMARTS) is 2. The van der Waals surface area contributed by atoms with Crippen LogP contribution in [0.2, 0.25) is 0 Å². The van der Waals surface area contributed by atoms with E-state index in [-0.39, 0.29) is 49.6 Å². The summed E-state index contributed by atoms with van der Waals surface area (Å²) in [5.74, 6) is -3.05. The van der Waals surface area contributed by atoms with Crippen LogP contribution in [0.15, 0.2) is 12.2 Å². The fraction of sp³-hybridized carbons (Fsp3) is 0.625. The summed E-state index contributed by atoms with van der Waals surface area (Å²) in [7, 11) is 0. The minimum Gasteiger partial charge on any atom is -0.481 e. The molecule has 128 valence electrons. The Hall–Kier alpha value is -2.02. The molecule has 1 fully saturated rings. The van der Waals surface area contributed by atoms with Crippen molar-refractivity contribution in [3.8, 4) is 0 Å². The first-order chi connectivity index (χ1) is 10.8. The van der Waals surface area contributed by atoms with Gasteiger partial charge in [-0.2, -0.15) is 0 Å². The number of hydrogen-bond donors (Lipinski definition) is 3. The summed E-state index contributed by atoms with van der Waals surface area (Å²) in [6, 6.07) is 0. The maximum Gasteiger partial charge on any atom is 0.307 e. The molecule has 0 spiro atoms. The van der Waals surface area contributed by atoms with Crippen LogP contribution >= 0.6 is 0 Å².